The topological polar surface area (TPSA) is 58.2 Å². The SMILES string of the molecule is O=C(Nc1cc(C(F)(F)F)ccc1F)c1ccccc1NC(=O)C1CCCCC1. The molecule has 1 saturated carbocycles. The van der Waals surface area contributed by atoms with Gasteiger partial charge in [-0.2, -0.15) is 13.2 Å². The van der Waals surface area contributed by atoms with Gasteiger partial charge in [-0.3, -0.25) is 9.59 Å². The number of benzene rings is 2. The quantitative estimate of drug-likeness (QED) is 0.646. The lowest BCUT2D eigenvalue weighted by Gasteiger charge is -2.21. The number of hydrogen-bond donors (Lipinski definition) is 2. The van der Waals surface area contributed by atoms with Crippen molar-refractivity contribution in [1.82, 2.24) is 0 Å². The molecule has 8 heteroatoms. The Morgan fingerprint density at radius 3 is 2.28 bits per heavy atom. The van der Waals surface area contributed by atoms with Gasteiger partial charge in [0.1, 0.15) is 5.82 Å². The van der Waals surface area contributed by atoms with Crippen LogP contribution in [-0.4, -0.2) is 11.8 Å². The number of anilines is 2. The van der Waals surface area contributed by atoms with Gasteiger partial charge in [0.05, 0.1) is 22.5 Å². The van der Waals surface area contributed by atoms with E-state index < -0.39 is 29.2 Å². The summed E-state index contributed by atoms with van der Waals surface area (Å²) in [5.74, 6) is -2.14. The summed E-state index contributed by atoms with van der Waals surface area (Å²) in [4.78, 5) is 25.1. The molecule has 0 spiro atoms. The van der Waals surface area contributed by atoms with Crippen LogP contribution in [0.5, 0.6) is 0 Å². The van der Waals surface area contributed by atoms with Crippen LogP contribution in [0.1, 0.15) is 48.0 Å². The fraction of sp³-hybridized carbons (Fsp3) is 0.333. The second-order valence-corrected chi connectivity index (χ2v) is 7.02. The minimum absolute atomic E-state index is 0.0356. The van der Waals surface area contributed by atoms with Crippen LogP contribution in [0.25, 0.3) is 0 Å². The molecule has 1 fully saturated rings. The van der Waals surface area contributed by atoms with E-state index in [0.29, 0.717) is 18.2 Å². The smallest absolute Gasteiger partial charge is 0.325 e. The molecule has 2 N–H and O–H groups in total. The molecule has 4 nitrogen and oxygen atoms in total. The molecule has 29 heavy (non-hydrogen) atoms. The van der Waals surface area contributed by atoms with Crippen molar-refractivity contribution in [3.63, 3.8) is 0 Å². The second-order valence-electron chi connectivity index (χ2n) is 7.02. The van der Waals surface area contributed by atoms with Crippen molar-refractivity contribution >= 4 is 23.2 Å². The molecule has 0 aliphatic heterocycles. The predicted molar refractivity (Wildman–Crippen MR) is 101 cm³/mol. The summed E-state index contributed by atoms with van der Waals surface area (Å²) in [6.45, 7) is 0. The maximum atomic E-state index is 13.9. The molecule has 1 aliphatic carbocycles. The second kappa shape index (κ2) is 8.63. The first-order chi connectivity index (χ1) is 13.8. The van der Waals surface area contributed by atoms with Gasteiger partial charge in [-0.05, 0) is 43.2 Å². The van der Waals surface area contributed by atoms with Crippen LogP contribution in [0.3, 0.4) is 0 Å². The first-order valence-corrected chi connectivity index (χ1v) is 9.33. The number of nitrogens with one attached hydrogen (secondary N) is 2. The summed E-state index contributed by atoms with van der Waals surface area (Å²) >= 11 is 0. The Labute approximate surface area is 165 Å². The maximum Gasteiger partial charge on any atom is 0.416 e. The van der Waals surface area contributed by atoms with Crippen molar-refractivity contribution in [3.05, 3.63) is 59.4 Å². The zero-order valence-corrected chi connectivity index (χ0v) is 15.5. The van der Waals surface area contributed by atoms with Crippen molar-refractivity contribution in [2.75, 3.05) is 10.6 Å². The monoisotopic (exact) mass is 408 g/mol. The summed E-state index contributed by atoms with van der Waals surface area (Å²) < 4.78 is 52.5. The van der Waals surface area contributed by atoms with Crippen LogP contribution in [0.15, 0.2) is 42.5 Å². The maximum absolute atomic E-state index is 13.9. The highest BCUT2D eigenvalue weighted by Crippen LogP contribution is 2.32. The zero-order valence-electron chi connectivity index (χ0n) is 15.5. The highest BCUT2D eigenvalue weighted by molar-refractivity contribution is 6.10. The first-order valence-electron chi connectivity index (χ1n) is 9.33. The molecule has 1 aliphatic rings. The largest absolute Gasteiger partial charge is 0.416 e. The van der Waals surface area contributed by atoms with Gasteiger partial charge in [-0.15, -0.1) is 0 Å². The number of para-hydroxylation sites is 1. The molecule has 0 atom stereocenters. The molecule has 0 radical (unpaired) electrons. The van der Waals surface area contributed by atoms with Crippen LogP contribution in [0, 0.1) is 11.7 Å². The van der Waals surface area contributed by atoms with E-state index >= 15 is 0 Å². The molecule has 0 unspecified atom stereocenters. The lowest BCUT2D eigenvalue weighted by atomic mass is 9.88. The van der Waals surface area contributed by atoms with Gasteiger partial charge in [-0.1, -0.05) is 31.4 Å². The van der Waals surface area contributed by atoms with E-state index in [9.17, 15) is 27.2 Å². The minimum atomic E-state index is -4.67. The Morgan fingerprint density at radius 2 is 1.59 bits per heavy atom. The Balaban J connectivity index is 1.79. The fourth-order valence-electron chi connectivity index (χ4n) is 3.38. The molecule has 3 rings (SSSR count). The van der Waals surface area contributed by atoms with Crippen LogP contribution in [0.4, 0.5) is 28.9 Å². The fourth-order valence-corrected chi connectivity index (χ4v) is 3.38. The molecule has 0 aromatic heterocycles. The Bertz CT molecular complexity index is 906. The van der Waals surface area contributed by atoms with Gasteiger partial charge in [0.15, 0.2) is 0 Å². The third-order valence-electron chi connectivity index (χ3n) is 4.95. The van der Waals surface area contributed by atoms with E-state index in [-0.39, 0.29) is 23.1 Å². The average molecular weight is 408 g/mol. The Kier molecular flexibility index (Phi) is 6.20. The molecule has 0 saturated heterocycles. The van der Waals surface area contributed by atoms with Gasteiger partial charge in [0.2, 0.25) is 5.91 Å². The predicted octanol–water partition coefficient (Wildman–Crippen LogP) is 5.62. The first kappa shape index (κ1) is 20.8. The number of amides is 2. The molecule has 0 bridgehead atoms. The van der Waals surface area contributed by atoms with E-state index in [4.69, 9.17) is 0 Å². The zero-order chi connectivity index (χ0) is 21.0. The van der Waals surface area contributed by atoms with E-state index in [1.807, 2.05) is 0 Å². The number of rotatable bonds is 4. The molecular formula is C21H20F4N2O2. The van der Waals surface area contributed by atoms with Crippen LogP contribution < -0.4 is 10.6 Å². The van der Waals surface area contributed by atoms with Gasteiger partial charge in [-0.25, -0.2) is 4.39 Å². The van der Waals surface area contributed by atoms with E-state index in [1.165, 1.54) is 12.1 Å². The number of alkyl halides is 3. The molecule has 2 aromatic carbocycles. The Hall–Kier alpha value is -2.90. The third-order valence-corrected chi connectivity index (χ3v) is 4.95. The summed E-state index contributed by atoms with van der Waals surface area (Å²) in [6, 6.07) is 7.90. The number of carbonyl (C=O) groups is 2. The summed E-state index contributed by atoms with van der Waals surface area (Å²) in [7, 11) is 0. The van der Waals surface area contributed by atoms with E-state index in [2.05, 4.69) is 10.6 Å². The summed E-state index contributed by atoms with van der Waals surface area (Å²) in [5.41, 5.74) is -1.40. The molecule has 2 aromatic rings. The van der Waals surface area contributed by atoms with Gasteiger partial charge >= 0.3 is 6.18 Å². The lowest BCUT2D eigenvalue weighted by molar-refractivity contribution is -0.137. The summed E-state index contributed by atoms with van der Waals surface area (Å²) in [6.07, 6.45) is -0.0975. The highest BCUT2D eigenvalue weighted by atomic mass is 19.4. The standard InChI is InChI=1S/C21H20F4N2O2/c22-16-11-10-14(21(23,24)25)12-18(16)27-20(29)15-8-4-5-9-17(15)26-19(28)13-6-2-1-3-7-13/h4-5,8-13H,1-3,6-7H2,(H,26,28)(H,27,29). The van der Waals surface area contributed by atoms with Crippen LogP contribution in [0.2, 0.25) is 0 Å². The average Bonchev–Trinajstić information content (AvgIpc) is 2.69. The van der Waals surface area contributed by atoms with Crippen molar-refractivity contribution in [2.24, 2.45) is 5.92 Å². The summed E-state index contributed by atoms with van der Waals surface area (Å²) in [5, 5.41) is 4.89. The van der Waals surface area contributed by atoms with Crippen molar-refractivity contribution < 1.29 is 27.2 Å². The van der Waals surface area contributed by atoms with Crippen molar-refractivity contribution in [3.8, 4) is 0 Å². The van der Waals surface area contributed by atoms with Gasteiger partial charge in [0.25, 0.3) is 5.91 Å². The lowest BCUT2D eigenvalue weighted by Crippen LogP contribution is -2.26. The van der Waals surface area contributed by atoms with Crippen molar-refractivity contribution in [1.29, 1.82) is 0 Å². The number of carbonyl (C=O) groups excluding carboxylic acids is 2. The van der Waals surface area contributed by atoms with Crippen LogP contribution in [-0.2, 0) is 11.0 Å². The third kappa shape index (κ3) is 5.13. The number of hydrogen-bond acceptors (Lipinski definition) is 2. The molecular weight excluding hydrogens is 388 g/mol. The van der Waals surface area contributed by atoms with Crippen molar-refractivity contribution in [2.45, 2.75) is 38.3 Å². The Morgan fingerprint density at radius 1 is 0.897 bits per heavy atom. The van der Waals surface area contributed by atoms with E-state index in [0.717, 1.165) is 32.1 Å². The minimum Gasteiger partial charge on any atom is -0.325 e. The number of halogens is 4. The van der Waals surface area contributed by atoms with Gasteiger partial charge in [0, 0.05) is 5.92 Å². The highest BCUT2D eigenvalue weighted by Gasteiger charge is 2.31. The molecule has 2 amide bonds. The molecule has 154 valence electrons. The van der Waals surface area contributed by atoms with Gasteiger partial charge < -0.3 is 10.6 Å². The normalized spacial score (nSPS) is 15.0. The van der Waals surface area contributed by atoms with E-state index in [1.54, 1.807) is 12.1 Å². The van der Waals surface area contributed by atoms with Crippen LogP contribution >= 0.6 is 0 Å². The molecule has 0 heterocycles.